The summed E-state index contributed by atoms with van der Waals surface area (Å²) in [6.45, 7) is 9.01. The molecule has 0 N–H and O–H groups in total. The van der Waals surface area contributed by atoms with Crippen molar-refractivity contribution in [3.63, 3.8) is 0 Å². The number of fused-ring (bicyclic) bond motifs is 6. The van der Waals surface area contributed by atoms with E-state index < -0.39 is 0 Å². The first-order valence-corrected chi connectivity index (χ1v) is 12.7. The average molecular weight is 441 g/mol. The highest BCUT2D eigenvalue weighted by Crippen LogP contribution is 2.56. The van der Waals surface area contributed by atoms with E-state index in [4.69, 9.17) is 19.5 Å². The number of ether oxygens (including phenoxy) is 2. The van der Waals surface area contributed by atoms with Gasteiger partial charge in [0, 0.05) is 12.8 Å². The molecule has 4 unspecified atom stereocenters. The summed E-state index contributed by atoms with van der Waals surface area (Å²) in [6, 6.07) is 14.1. The van der Waals surface area contributed by atoms with Crippen molar-refractivity contribution in [3.8, 4) is 0 Å². The van der Waals surface area contributed by atoms with Crippen molar-refractivity contribution in [2.75, 3.05) is 0 Å². The van der Waals surface area contributed by atoms with Crippen LogP contribution in [0.1, 0.15) is 97.8 Å². The molecule has 33 heavy (non-hydrogen) atoms. The Hall–Kier alpha value is -2.62. The van der Waals surface area contributed by atoms with Crippen molar-refractivity contribution in [2.45, 2.75) is 89.5 Å². The Morgan fingerprint density at radius 1 is 0.727 bits per heavy atom. The van der Waals surface area contributed by atoms with Crippen LogP contribution in [-0.4, -0.2) is 24.0 Å². The molecular weight excluding hydrogens is 408 g/mol. The van der Waals surface area contributed by atoms with Gasteiger partial charge in [-0.1, -0.05) is 64.1 Å². The zero-order valence-electron chi connectivity index (χ0n) is 20.0. The minimum Gasteiger partial charge on any atom is -0.474 e. The maximum atomic E-state index is 6.54. The number of nitrogens with zero attached hydrogens (tertiary/aromatic N) is 2. The molecule has 2 aromatic rings. The standard InChI is InChI=1S/C29H32N2O2/c1-15(2)17-5-7-19-13-23-25(21(19)11-17)30-27(32-23)29(9-10-29)28-31-26-22-12-18(16(3)4)6-8-20(22)14-24(26)33-28/h5-8,11-12,15-16,23-26H,9-10,13-14H2,1-4H3. The Bertz CT molecular complexity index is 1130. The molecule has 2 aliphatic heterocycles. The number of rotatable bonds is 4. The maximum absolute atomic E-state index is 6.54. The first-order valence-electron chi connectivity index (χ1n) is 12.7. The average Bonchev–Trinajstić information content (AvgIpc) is 3.09. The van der Waals surface area contributed by atoms with E-state index in [2.05, 4.69) is 64.1 Å². The second kappa shape index (κ2) is 6.71. The molecule has 4 atom stereocenters. The van der Waals surface area contributed by atoms with Gasteiger partial charge in [0.1, 0.15) is 29.7 Å². The van der Waals surface area contributed by atoms with Gasteiger partial charge in [0.05, 0.1) is 0 Å². The molecule has 4 nitrogen and oxygen atoms in total. The van der Waals surface area contributed by atoms with Gasteiger partial charge < -0.3 is 9.47 Å². The Morgan fingerprint density at radius 2 is 1.18 bits per heavy atom. The van der Waals surface area contributed by atoms with Crippen molar-refractivity contribution in [3.05, 3.63) is 69.8 Å². The SMILES string of the molecule is CC(C)c1ccc2c(c1)C1N=C(C3(C4=NC5c6cc(C(C)C)ccc6CC5O4)CC3)OC1C2. The zero-order valence-corrected chi connectivity index (χ0v) is 20.0. The van der Waals surface area contributed by atoms with Gasteiger partial charge in [-0.3, -0.25) is 0 Å². The van der Waals surface area contributed by atoms with Crippen LogP contribution < -0.4 is 0 Å². The highest BCUT2D eigenvalue weighted by molar-refractivity contribution is 6.09. The van der Waals surface area contributed by atoms with Crippen LogP contribution in [-0.2, 0) is 22.3 Å². The fourth-order valence-electron chi connectivity index (χ4n) is 6.16. The minimum absolute atomic E-state index is 0.127. The van der Waals surface area contributed by atoms with Crippen LogP contribution in [0.4, 0.5) is 0 Å². The molecule has 0 amide bonds. The largest absolute Gasteiger partial charge is 0.474 e. The molecule has 7 rings (SSSR count). The van der Waals surface area contributed by atoms with Crippen molar-refractivity contribution >= 4 is 11.8 Å². The number of hydrogen-bond donors (Lipinski definition) is 0. The van der Waals surface area contributed by atoms with E-state index in [1.165, 1.54) is 33.4 Å². The smallest absolute Gasteiger partial charge is 0.200 e. The summed E-state index contributed by atoms with van der Waals surface area (Å²) >= 11 is 0. The quantitative estimate of drug-likeness (QED) is 0.568. The van der Waals surface area contributed by atoms with E-state index in [-0.39, 0.29) is 29.7 Å². The molecule has 2 heterocycles. The molecular formula is C29H32N2O2. The molecule has 170 valence electrons. The molecule has 5 aliphatic rings. The van der Waals surface area contributed by atoms with Crippen LogP contribution in [0.3, 0.4) is 0 Å². The predicted octanol–water partition coefficient (Wildman–Crippen LogP) is 6.20. The molecule has 0 radical (unpaired) electrons. The summed E-state index contributed by atoms with van der Waals surface area (Å²) in [4.78, 5) is 10.4. The van der Waals surface area contributed by atoms with Crippen molar-refractivity contribution in [1.29, 1.82) is 0 Å². The van der Waals surface area contributed by atoms with Gasteiger partial charge >= 0.3 is 0 Å². The van der Waals surface area contributed by atoms with Gasteiger partial charge in [0.2, 0.25) is 0 Å². The lowest BCUT2D eigenvalue weighted by molar-refractivity contribution is 0.179. The van der Waals surface area contributed by atoms with E-state index in [1.807, 2.05) is 0 Å². The normalized spacial score (nSPS) is 29.8. The summed E-state index contributed by atoms with van der Waals surface area (Å²) in [7, 11) is 0. The molecule has 1 fully saturated rings. The Morgan fingerprint density at radius 3 is 1.58 bits per heavy atom. The second-order valence-corrected chi connectivity index (χ2v) is 11.3. The van der Waals surface area contributed by atoms with E-state index >= 15 is 0 Å². The molecule has 3 aliphatic carbocycles. The summed E-state index contributed by atoms with van der Waals surface area (Å²) < 4.78 is 13.1. The van der Waals surface area contributed by atoms with Crippen LogP contribution in [0.25, 0.3) is 0 Å². The predicted molar refractivity (Wildman–Crippen MR) is 130 cm³/mol. The fourth-order valence-corrected chi connectivity index (χ4v) is 6.16. The Kier molecular flexibility index (Phi) is 4.03. The van der Waals surface area contributed by atoms with Crippen LogP contribution >= 0.6 is 0 Å². The minimum atomic E-state index is -0.222. The third-order valence-electron chi connectivity index (χ3n) is 8.46. The van der Waals surface area contributed by atoms with Gasteiger partial charge in [-0.05, 0) is 58.1 Å². The first-order chi connectivity index (χ1) is 15.9. The molecule has 0 aromatic heterocycles. The zero-order chi connectivity index (χ0) is 22.5. The molecule has 4 heteroatoms. The Labute approximate surface area is 196 Å². The van der Waals surface area contributed by atoms with Gasteiger partial charge in [0.15, 0.2) is 11.8 Å². The van der Waals surface area contributed by atoms with Crippen molar-refractivity contribution in [1.82, 2.24) is 0 Å². The second-order valence-electron chi connectivity index (χ2n) is 11.3. The van der Waals surface area contributed by atoms with E-state index in [0.29, 0.717) is 11.8 Å². The Balaban J connectivity index is 1.19. The third kappa shape index (κ3) is 2.82. The molecule has 1 saturated carbocycles. The lowest BCUT2D eigenvalue weighted by atomic mass is 9.97. The summed E-state index contributed by atoms with van der Waals surface area (Å²) in [6.07, 6.45) is 4.22. The molecule has 2 aromatic carbocycles. The van der Waals surface area contributed by atoms with Crippen LogP contribution in [0.5, 0.6) is 0 Å². The number of aliphatic imine (C=N–C) groups is 2. The van der Waals surface area contributed by atoms with Crippen molar-refractivity contribution < 1.29 is 9.47 Å². The van der Waals surface area contributed by atoms with Crippen LogP contribution in [0.2, 0.25) is 0 Å². The highest BCUT2D eigenvalue weighted by Gasteiger charge is 2.61. The summed E-state index contributed by atoms with van der Waals surface area (Å²) in [5.41, 5.74) is 8.05. The lowest BCUT2D eigenvalue weighted by Crippen LogP contribution is -2.30. The molecule has 0 bridgehead atoms. The van der Waals surface area contributed by atoms with Crippen LogP contribution in [0, 0.1) is 5.41 Å². The van der Waals surface area contributed by atoms with Gasteiger partial charge in [-0.15, -0.1) is 0 Å². The first kappa shape index (κ1) is 19.8. The van der Waals surface area contributed by atoms with Gasteiger partial charge in [-0.2, -0.15) is 0 Å². The molecule has 0 spiro atoms. The van der Waals surface area contributed by atoms with Gasteiger partial charge in [0.25, 0.3) is 0 Å². The number of benzene rings is 2. The lowest BCUT2D eigenvalue weighted by Gasteiger charge is -2.18. The summed E-state index contributed by atoms with van der Waals surface area (Å²) in [5.74, 6) is 2.81. The topological polar surface area (TPSA) is 43.2 Å². The highest BCUT2D eigenvalue weighted by atomic mass is 16.5. The maximum Gasteiger partial charge on any atom is 0.200 e. The van der Waals surface area contributed by atoms with E-state index in [1.54, 1.807) is 0 Å². The number of hydrogen-bond acceptors (Lipinski definition) is 4. The van der Waals surface area contributed by atoms with Gasteiger partial charge in [-0.25, -0.2) is 9.98 Å². The third-order valence-corrected chi connectivity index (χ3v) is 8.46. The van der Waals surface area contributed by atoms with Crippen molar-refractivity contribution in [2.24, 2.45) is 15.4 Å². The van der Waals surface area contributed by atoms with E-state index in [0.717, 1.165) is 37.5 Å². The monoisotopic (exact) mass is 440 g/mol. The fraction of sp³-hybridized carbons (Fsp3) is 0.517. The summed E-state index contributed by atoms with van der Waals surface area (Å²) in [5, 5.41) is 0. The van der Waals surface area contributed by atoms with E-state index in [9.17, 15) is 0 Å². The molecule has 0 saturated heterocycles. The van der Waals surface area contributed by atoms with Crippen LogP contribution in [0.15, 0.2) is 46.4 Å².